The molecular formula is C15H23N3O. The maximum atomic E-state index is 11.4. The Morgan fingerprint density at radius 3 is 3.00 bits per heavy atom. The summed E-state index contributed by atoms with van der Waals surface area (Å²) in [5.74, 6) is 0.0517. The molecule has 0 radical (unpaired) electrons. The minimum absolute atomic E-state index is 0.0517. The van der Waals surface area contributed by atoms with Crippen molar-refractivity contribution in [3.63, 3.8) is 0 Å². The van der Waals surface area contributed by atoms with Crippen molar-refractivity contribution < 1.29 is 4.79 Å². The summed E-state index contributed by atoms with van der Waals surface area (Å²) in [6, 6.07) is 8.48. The first-order valence-electron chi connectivity index (χ1n) is 7.15. The summed E-state index contributed by atoms with van der Waals surface area (Å²) in [6.45, 7) is 4.05. The molecule has 0 saturated carbocycles. The Morgan fingerprint density at radius 1 is 1.32 bits per heavy atom. The standard InChI is InChI=1S/C15H23N3O/c1-2-15(19)18-14-6-3-5-13(11-14)17-12-7-4-9-16-10-8-12/h3,5-6,11-12,16-17H,2,4,7-10H2,1H3,(H,18,19). The van der Waals surface area contributed by atoms with Crippen LogP contribution in [0.3, 0.4) is 0 Å². The monoisotopic (exact) mass is 261 g/mol. The normalized spacial score (nSPS) is 19.5. The second kappa shape index (κ2) is 7.14. The number of benzene rings is 1. The van der Waals surface area contributed by atoms with Crippen molar-refractivity contribution in [2.24, 2.45) is 0 Å². The third kappa shape index (κ3) is 4.56. The number of hydrogen-bond acceptors (Lipinski definition) is 3. The molecule has 1 aromatic rings. The van der Waals surface area contributed by atoms with Gasteiger partial charge < -0.3 is 16.0 Å². The average Bonchev–Trinajstić information content (AvgIpc) is 2.67. The molecule has 1 atom stereocenters. The summed E-state index contributed by atoms with van der Waals surface area (Å²) in [4.78, 5) is 11.4. The molecule has 19 heavy (non-hydrogen) atoms. The van der Waals surface area contributed by atoms with Gasteiger partial charge in [-0.15, -0.1) is 0 Å². The Kier molecular flexibility index (Phi) is 5.21. The first-order chi connectivity index (χ1) is 9.28. The van der Waals surface area contributed by atoms with Gasteiger partial charge >= 0.3 is 0 Å². The Balaban J connectivity index is 1.95. The van der Waals surface area contributed by atoms with Gasteiger partial charge in [-0.2, -0.15) is 0 Å². The Labute approximate surface area is 115 Å². The van der Waals surface area contributed by atoms with Gasteiger partial charge in [-0.25, -0.2) is 0 Å². The Bertz CT molecular complexity index is 412. The lowest BCUT2D eigenvalue weighted by atomic mass is 10.1. The van der Waals surface area contributed by atoms with Crippen LogP contribution in [0.15, 0.2) is 24.3 Å². The van der Waals surface area contributed by atoms with Crippen LogP contribution in [0.25, 0.3) is 0 Å². The summed E-state index contributed by atoms with van der Waals surface area (Å²) in [6.07, 6.45) is 4.06. The summed E-state index contributed by atoms with van der Waals surface area (Å²) in [7, 11) is 0. The molecule has 3 N–H and O–H groups in total. The largest absolute Gasteiger partial charge is 0.382 e. The van der Waals surface area contributed by atoms with Gasteiger partial charge in [0, 0.05) is 23.8 Å². The highest BCUT2D eigenvalue weighted by Gasteiger charge is 2.11. The van der Waals surface area contributed by atoms with Gasteiger partial charge in [-0.1, -0.05) is 13.0 Å². The molecule has 1 aromatic carbocycles. The van der Waals surface area contributed by atoms with Gasteiger partial charge in [0.1, 0.15) is 0 Å². The van der Waals surface area contributed by atoms with E-state index in [1.54, 1.807) is 0 Å². The molecule has 4 heteroatoms. The highest BCUT2D eigenvalue weighted by molar-refractivity contribution is 5.90. The smallest absolute Gasteiger partial charge is 0.224 e. The molecule has 0 aliphatic carbocycles. The molecule has 4 nitrogen and oxygen atoms in total. The van der Waals surface area contributed by atoms with E-state index < -0.39 is 0 Å². The van der Waals surface area contributed by atoms with E-state index in [0.717, 1.165) is 30.9 Å². The summed E-state index contributed by atoms with van der Waals surface area (Å²) in [5.41, 5.74) is 1.95. The van der Waals surface area contributed by atoms with Crippen molar-refractivity contribution in [3.8, 4) is 0 Å². The highest BCUT2D eigenvalue weighted by Crippen LogP contribution is 2.18. The number of nitrogens with one attached hydrogen (secondary N) is 3. The van der Waals surface area contributed by atoms with Crippen LogP contribution in [0.5, 0.6) is 0 Å². The minimum atomic E-state index is 0.0517. The zero-order valence-corrected chi connectivity index (χ0v) is 11.5. The predicted octanol–water partition coefficient (Wildman–Crippen LogP) is 2.59. The molecule has 1 heterocycles. The molecule has 1 aliphatic rings. The maximum absolute atomic E-state index is 11.4. The van der Waals surface area contributed by atoms with Crippen LogP contribution in [0, 0.1) is 0 Å². The van der Waals surface area contributed by atoms with E-state index in [0.29, 0.717) is 12.5 Å². The van der Waals surface area contributed by atoms with E-state index in [-0.39, 0.29) is 5.91 Å². The van der Waals surface area contributed by atoms with Crippen LogP contribution in [0.2, 0.25) is 0 Å². The van der Waals surface area contributed by atoms with Crippen LogP contribution in [-0.2, 0) is 4.79 Å². The lowest BCUT2D eigenvalue weighted by Crippen LogP contribution is -2.21. The van der Waals surface area contributed by atoms with Crippen LogP contribution in [-0.4, -0.2) is 25.0 Å². The van der Waals surface area contributed by atoms with Gasteiger partial charge in [-0.05, 0) is 50.6 Å². The van der Waals surface area contributed by atoms with Crippen LogP contribution < -0.4 is 16.0 Å². The van der Waals surface area contributed by atoms with Crippen molar-refractivity contribution in [1.29, 1.82) is 0 Å². The van der Waals surface area contributed by atoms with Crippen molar-refractivity contribution >= 4 is 17.3 Å². The third-order valence-corrected chi connectivity index (χ3v) is 3.41. The van der Waals surface area contributed by atoms with Crippen molar-refractivity contribution in [2.75, 3.05) is 23.7 Å². The number of hydrogen-bond donors (Lipinski definition) is 3. The molecule has 0 spiro atoms. The second-order valence-corrected chi connectivity index (χ2v) is 5.00. The first-order valence-corrected chi connectivity index (χ1v) is 7.15. The van der Waals surface area contributed by atoms with Crippen molar-refractivity contribution in [3.05, 3.63) is 24.3 Å². The fourth-order valence-corrected chi connectivity index (χ4v) is 2.34. The van der Waals surface area contributed by atoms with Crippen LogP contribution in [0.4, 0.5) is 11.4 Å². The first kappa shape index (κ1) is 13.9. The molecule has 1 saturated heterocycles. The van der Waals surface area contributed by atoms with E-state index >= 15 is 0 Å². The molecular weight excluding hydrogens is 238 g/mol. The van der Waals surface area contributed by atoms with E-state index in [4.69, 9.17) is 0 Å². The fraction of sp³-hybridized carbons (Fsp3) is 0.533. The molecule has 1 amide bonds. The van der Waals surface area contributed by atoms with Gasteiger partial charge in [0.15, 0.2) is 0 Å². The second-order valence-electron chi connectivity index (χ2n) is 5.00. The topological polar surface area (TPSA) is 53.2 Å². The molecule has 0 bridgehead atoms. The molecule has 104 valence electrons. The SMILES string of the molecule is CCC(=O)Nc1cccc(NC2CCCNCC2)c1. The van der Waals surface area contributed by atoms with Gasteiger partial charge in [0.2, 0.25) is 5.91 Å². The number of rotatable bonds is 4. The zero-order chi connectivity index (χ0) is 13.5. The summed E-state index contributed by atoms with van der Waals surface area (Å²) in [5, 5.41) is 9.86. The number of carbonyl (C=O) groups is 1. The van der Waals surface area contributed by atoms with Gasteiger partial charge in [-0.3, -0.25) is 4.79 Å². The number of anilines is 2. The molecule has 1 fully saturated rings. The average molecular weight is 261 g/mol. The Morgan fingerprint density at radius 2 is 2.16 bits per heavy atom. The zero-order valence-electron chi connectivity index (χ0n) is 11.5. The summed E-state index contributed by atoms with van der Waals surface area (Å²) < 4.78 is 0. The third-order valence-electron chi connectivity index (χ3n) is 3.41. The summed E-state index contributed by atoms with van der Waals surface area (Å²) >= 11 is 0. The van der Waals surface area contributed by atoms with E-state index in [1.807, 2.05) is 25.1 Å². The molecule has 1 aliphatic heterocycles. The lowest BCUT2D eigenvalue weighted by molar-refractivity contribution is -0.115. The number of amides is 1. The molecule has 1 unspecified atom stereocenters. The maximum Gasteiger partial charge on any atom is 0.224 e. The van der Waals surface area contributed by atoms with Crippen molar-refractivity contribution in [2.45, 2.75) is 38.6 Å². The van der Waals surface area contributed by atoms with Crippen LogP contribution >= 0.6 is 0 Å². The van der Waals surface area contributed by atoms with Crippen molar-refractivity contribution in [1.82, 2.24) is 5.32 Å². The van der Waals surface area contributed by atoms with Gasteiger partial charge in [0.05, 0.1) is 0 Å². The molecule has 0 aromatic heterocycles. The quantitative estimate of drug-likeness (QED) is 0.781. The fourth-order valence-electron chi connectivity index (χ4n) is 2.34. The predicted molar refractivity (Wildman–Crippen MR) is 79.5 cm³/mol. The van der Waals surface area contributed by atoms with E-state index in [1.165, 1.54) is 12.8 Å². The van der Waals surface area contributed by atoms with E-state index in [9.17, 15) is 4.79 Å². The van der Waals surface area contributed by atoms with Crippen LogP contribution in [0.1, 0.15) is 32.6 Å². The number of carbonyl (C=O) groups excluding carboxylic acids is 1. The Hall–Kier alpha value is -1.55. The lowest BCUT2D eigenvalue weighted by Gasteiger charge is -2.18. The highest BCUT2D eigenvalue weighted by atomic mass is 16.1. The van der Waals surface area contributed by atoms with Gasteiger partial charge in [0.25, 0.3) is 0 Å². The van der Waals surface area contributed by atoms with E-state index in [2.05, 4.69) is 22.0 Å². The minimum Gasteiger partial charge on any atom is -0.382 e. The molecule has 2 rings (SSSR count).